The molecular formula is C29H39N5O. The molecule has 0 bridgehead atoms. The van der Waals surface area contributed by atoms with E-state index in [2.05, 4.69) is 43.1 Å². The number of aromatic amines is 1. The molecule has 1 N–H and O–H groups in total. The van der Waals surface area contributed by atoms with Crippen molar-refractivity contribution in [2.45, 2.75) is 70.3 Å². The number of nitrogens with one attached hydrogen (secondary N) is 1. The number of fused-ring (bicyclic) bond motifs is 3. The van der Waals surface area contributed by atoms with E-state index in [-0.39, 0.29) is 5.92 Å². The normalized spacial score (nSPS) is 28.7. The third-order valence-electron chi connectivity index (χ3n) is 9.08. The van der Waals surface area contributed by atoms with Crippen LogP contribution in [0.3, 0.4) is 0 Å². The van der Waals surface area contributed by atoms with Crippen LogP contribution in [-0.2, 0) is 4.79 Å². The second-order valence-electron chi connectivity index (χ2n) is 11.2. The molecule has 3 aromatic heterocycles. The lowest BCUT2D eigenvalue weighted by Crippen LogP contribution is -2.51. The molecule has 0 aromatic carbocycles. The van der Waals surface area contributed by atoms with Crippen LogP contribution >= 0.6 is 0 Å². The van der Waals surface area contributed by atoms with Crippen LogP contribution in [0.25, 0.3) is 21.9 Å². The minimum atomic E-state index is 0.186. The van der Waals surface area contributed by atoms with E-state index in [1.807, 2.05) is 19.3 Å². The summed E-state index contributed by atoms with van der Waals surface area (Å²) in [5.74, 6) is 1.85. The zero-order valence-electron chi connectivity index (χ0n) is 21.1. The molecule has 6 heteroatoms. The molecule has 35 heavy (non-hydrogen) atoms. The van der Waals surface area contributed by atoms with E-state index in [1.165, 1.54) is 56.3 Å². The van der Waals surface area contributed by atoms with Crippen molar-refractivity contribution >= 4 is 27.7 Å². The second kappa shape index (κ2) is 9.98. The highest BCUT2D eigenvalue weighted by molar-refractivity contribution is 6.05. The van der Waals surface area contributed by atoms with Gasteiger partial charge in [-0.1, -0.05) is 6.92 Å². The lowest BCUT2D eigenvalue weighted by Gasteiger charge is -2.46. The third kappa shape index (κ3) is 4.51. The maximum absolute atomic E-state index is 13.1. The van der Waals surface area contributed by atoms with Crippen LogP contribution in [-0.4, -0.2) is 69.3 Å². The highest BCUT2D eigenvalue weighted by Crippen LogP contribution is 2.43. The number of H-pyrrole nitrogens is 1. The molecule has 1 saturated carbocycles. The van der Waals surface area contributed by atoms with Crippen LogP contribution in [0.15, 0.2) is 30.7 Å². The number of rotatable bonds is 6. The molecule has 4 unspecified atom stereocenters. The van der Waals surface area contributed by atoms with Gasteiger partial charge in [0.25, 0.3) is 0 Å². The molecule has 3 aromatic rings. The quantitative estimate of drug-likeness (QED) is 0.536. The Bertz CT molecular complexity index is 1180. The number of piperidine rings is 1. The molecule has 5 heterocycles. The zero-order chi connectivity index (χ0) is 23.8. The molecule has 3 fully saturated rings. The zero-order valence-corrected chi connectivity index (χ0v) is 21.1. The summed E-state index contributed by atoms with van der Waals surface area (Å²) in [6.45, 7) is 8.14. The maximum atomic E-state index is 13.1. The maximum Gasteiger partial charge on any atom is 0.159 e. The van der Waals surface area contributed by atoms with Gasteiger partial charge in [0.05, 0.1) is 11.7 Å². The molecule has 3 aliphatic rings. The highest BCUT2D eigenvalue weighted by atomic mass is 16.1. The summed E-state index contributed by atoms with van der Waals surface area (Å²) in [5, 5.41) is 2.41. The Morgan fingerprint density at radius 2 is 1.97 bits per heavy atom. The van der Waals surface area contributed by atoms with Gasteiger partial charge in [0.2, 0.25) is 0 Å². The summed E-state index contributed by atoms with van der Waals surface area (Å²) < 4.78 is 0. The van der Waals surface area contributed by atoms with Crippen molar-refractivity contribution in [1.29, 1.82) is 0 Å². The number of likely N-dealkylation sites (tertiary alicyclic amines) is 2. The van der Waals surface area contributed by atoms with E-state index < -0.39 is 0 Å². The standard InChI is InChI=1S/C29H39N5O/c1-2-27(35)23-8-7-21(22-9-11-30-25-17-32-29-24(28(22)25)10-12-31-29)16-26(23)34-15-5-6-20(19-34)18-33-13-3-4-14-33/h9-12,17,20-21,23,26,30H,2-8,13-16,18-19H2,1H3. The average Bonchev–Trinajstić information content (AvgIpc) is 3.60. The van der Waals surface area contributed by atoms with Gasteiger partial charge in [-0.25, -0.2) is 9.97 Å². The first-order chi connectivity index (χ1) is 17.2. The van der Waals surface area contributed by atoms with Crippen molar-refractivity contribution in [2.24, 2.45) is 11.8 Å². The topological polar surface area (TPSA) is 65.1 Å². The molecular weight excluding hydrogens is 434 g/mol. The number of nitrogens with zero attached hydrogens (tertiary/aromatic N) is 4. The van der Waals surface area contributed by atoms with Gasteiger partial charge < -0.3 is 9.88 Å². The van der Waals surface area contributed by atoms with Crippen LogP contribution < -0.4 is 0 Å². The number of pyridine rings is 2. The Morgan fingerprint density at radius 1 is 1.09 bits per heavy atom. The third-order valence-corrected chi connectivity index (χ3v) is 9.08. The van der Waals surface area contributed by atoms with Crippen LogP contribution in [0.2, 0.25) is 0 Å². The smallest absolute Gasteiger partial charge is 0.159 e. The average molecular weight is 474 g/mol. The summed E-state index contributed by atoms with van der Waals surface area (Å²) in [4.78, 5) is 30.9. The second-order valence-corrected chi connectivity index (χ2v) is 11.2. The molecule has 0 spiro atoms. The lowest BCUT2D eigenvalue weighted by atomic mass is 9.72. The Labute approximate surface area is 208 Å². The predicted octanol–water partition coefficient (Wildman–Crippen LogP) is 5.15. The van der Waals surface area contributed by atoms with Gasteiger partial charge in [-0.15, -0.1) is 0 Å². The largest absolute Gasteiger partial charge is 0.360 e. The van der Waals surface area contributed by atoms with Gasteiger partial charge in [-0.05, 0) is 94.1 Å². The Balaban J connectivity index is 1.29. The molecule has 0 amide bonds. The fourth-order valence-electron chi connectivity index (χ4n) is 7.37. The lowest BCUT2D eigenvalue weighted by molar-refractivity contribution is -0.126. The van der Waals surface area contributed by atoms with Crippen LogP contribution in [0.1, 0.15) is 69.8 Å². The van der Waals surface area contributed by atoms with E-state index >= 15 is 0 Å². The van der Waals surface area contributed by atoms with Crippen molar-refractivity contribution in [1.82, 2.24) is 24.8 Å². The van der Waals surface area contributed by atoms with Gasteiger partial charge >= 0.3 is 0 Å². The molecule has 2 aliphatic heterocycles. The van der Waals surface area contributed by atoms with Gasteiger partial charge in [0, 0.05) is 54.6 Å². The van der Waals surface area contributed by atoms with E-state index in [9.17, 15) is 4.79 Å². The SMILES string of the molecule is CCC(=O)C1CCC(c2cc[nH]c3cnc4nccc4c23)CC1N1CCCC(CN2CCCC2)C1. The van der Waals surface area contributed by atoms with Gasteiger partial charge in [-0.3, -0.25) is 9.69 Å². The molecule has 186 valence electrons. The fraction of sp³-hybridized carbons (Fsp3) is 0.621. The molecule has 1 aliphatic carbocycles. The minimum Gasteiger partial charge on any atom is -0.360 e. The fourth-order valence-corrected chi connectivity index (χ4v) is 7.37. The molecule has 2 saturated heterocycles. The van der Waals surface area contributed by atoms with Gasteiger partial charge in [0.1, 0.15) is 5.78 Å². The number of Topliss-reactive ketones (excluding diaryl/α,β-unsaturated/α-hetero) is 1. The Kier molecular flexibility index (Phi) is 6.59. The van der Waals surface area contributed by atoms with Gasteiger partial charge in [0.15, 0.2) is 5.65 Å². The number of carbonyl (C=O) groups is 1. The van der Waals surface area contributed by atoms with Crippen molar-refractivity contribution in [3.8, 4) is 0 Å². The summed E-state index contributed by atoms with van der Waals surface area (Å²) in [6.07, 6.45) is 15.0. The first-order valence-corrected chi connectivity index (χ1v) is 13.9. The number of ketones is 1. The molecule has 6 rings (SSSR count). The summed E-state index contributed by atoms with van der Waals surface area (Å²) in [7, 11) is 0. The van der Waals surface area contributed by atoms with Crippen LogP contribution in [0.4, 0.5) is 0 Å². The predicted molar refractivity (Wildman–Crippen MR) is 141 cm³/mol. The van der Waals surface area contributed by atoms with E-state index in [0.717, 1.165) is 54.8 Å². The summed E-state index contributed by atoms with van der Waals surface area (Å²) in [6, 6.07) is 4.72. The Morgan fingerprint density at radius 3 is 2.83 bits per heavy atom. The van der Waals surface area contributed by atoms with E-state index in [0.29, 0.717) is 24.2 Å². The van der Waals surface area contributed by atoms with E-state index in [4.69, 9.17) is 0 Å². The van der Waals surface area contributed by atoms with Crippen molar-refractivity contribution in [3.05, 3.63) is 36.3 Å². The highest BCUT2D eigenvalue weighted by Gasteiger charge is 2.40. The van der Waals surface area contributed by atoms with E-state index in [1.54, 1.807) is 0 Å². The van der Waals surface area contributed by atoms with Gasteiger partial charge in [-0.2, -0.15) is 0 Å². The first-order valence-electron chi connectivity index (χ1n) is 13.9. The number of hydrogen-bond donors (Lipinski definition) is 1. The van der Waals surface area contributed by atoms with Crippen molar-refractivity contribution in [2.75, 3.05) is 32.7 Å². The number of hydrogen-bond acceptors (Lipinski definition) is 5. The summed E-state index contributed by atoms with van der Waals surface area (Å²) >= 11 is 0. The molecule has 4 atom stereocenters. The number of aromatic nitrogens is 3. The van der Waals surface area contributed by atoms with Crippen LogP contribution in [0, 0.1) is 11.8 Å². The monoisotopic (exact) mass is 473 g/mol. The Hall–Kier alpha value is -2.31. The first kappa shape index (κ1) is 23.1. The van der Waals surface area contributed by atoms with Crippen LogP contribution in [0.5, 0.6) is 0 Å². The molecule has 0 radical (unpaired) electrons. The minimum absolute atomic E-state index is 0.186. The van der Waals surface area contributed by atoms with Crippen molar-refractivity contribution in [3.63, 3.8) is 0 Å². The summed E-state index contributed by atoms with van der Waals surface area (Å²) in [5.41, 5.74) is 3.30. The molecule has 6 nitrogen and oxygen atoms in total. The van der Waals surface area contributed by atoms with Crippen molar-refractivity contribution < 1.29 is 4.79 Å². The number of carbonyl (C=O) groups excluding carboxylic acids is 1.